The fraction of sp³-hybridized carbons (Fsp3) is 0.0833. The SMILES string of the molecule is COc1cc([N+](=O)[O-])ccc1NC(=O)COC(=O)c1cc(-c2ccccn2)nc2ccccc12. The van der Waals surface area contributed by atoms with E-state index in [4.69, 9.17) is 9.47 Å². The van der Waals surface area contributed by atoms with Crippen LogP contribution in [0.1, 0.15) is 10.4 Å². The molecule has 0 aliphatic carbocycles. The van der Waals surface area contributed by atoms with Crippen molar-refractivity contribution < 1.29 is 24.0 Å². The van der Waals surface area contributed by atoms with Crippen molar-refractivity contribution in [1.29, 1.82) is 0 Å². The molecule has 0 aliphatic rings. The largest absolute Gasteiger partial charge is 0.494 e. The first-order valence-electron chi connectivity index (χ1n) is 10.1. The summed E-state index contributed by atoms with van der Waals surface area (Å²) in [4.78, 5) is 44.5. The molecule has 2 heterocycles. The molecule has 0 aliphatic heterocycles. The minimum absolute atomic E-state index is 0.106. The summed E-state index contributed by atoms with van der Waals surface area (Å²) in [5, 5.41) is 14.0. The van der Waals surface area contributed by atoms with Gasteiger partial charge in [-0.3, -0.25) is 19.9 Å². The molecule has 10 nitrogen and oxygen atoms in total. The van der Waals surface area contributed by atoms with Crippen LogP contribution in [0.15, 0.2) is 72.9 Å². The number of methoxy groups -OCH3 is 1. The number of para-hydroxylation sites is 1. The number of carbonyl (C=O) groups excluding carboxylic acids is 2. The van der Waals surface area contributed by atoms with Crippen LogP contribution >= 0.6 is 0 Å². The van der Waals surface area contributed by atoms with Crippen LogP contribution in [0.5, 0.6) is 5.75 Å². The van der Waals surface area contributed by atoms with E-state index >= 15 is 0 Å². The van der Waals surface area contributed by atoms with Crippen LogP contribution < -0.4 is 10.1 Å². The summed E-state index contributed by atoms with van der Waals surface area (Å²) in [6.45, 7) is -0.575. The molecule has 170 valence electrons. The molecule has 0 spiro atoms. The second kappa shape index (κ2) is 9.74. The Balaban J connectivity index is 1.53. The van der Waals surface area contributed by atoms with Gasteiger partial charge in [-0.05, 0) is 30.3 Å². The summed E-state index contributed by atoms with van der Waals surface area (Å²) in [6.07, 6.45) is 1.63. The number of carbonyl (C=O) groups is 2. The van der Waals surface area contributed by atoms with Gasteiger partial charge < -0.3 is 14.8 Å². The number of nitro groups is 1. The first-order chi connectivity index (χ1) is 16.5. The number of nitrogens with zero attached hydrogens (tertiary/aromatic N) is 3. The van der Waals surface area contributed by atoms with Gasteiger partial charge in [0.25, 0.3) is 11.6 Å². The van der Waals surface area contributed by atoms with Crippen molar-refractivity contribution in [1.82, 2.24) is 9.97 Å². The number of hydrogen-bond acceptors (Lipinski definition) is 8. The van der Waals surface area contributed by atoms with E-state index in [0.29, 0.717) is 22.3 Å². The normalized spacial score (nSPS) is 10.5. The highest BCUT2D eigenvalue weighted by Crippen LogP contribution is 2.29. The summed E-state index contributed by atoms with van der Waals surface area (Å²) in [7, 11) is 1.32. The predicted octanol–water partition coefficient (Wildman–Crippen LogP) is 4.01. The number of pyridine rings is 2. The highest BCUT2D eigenvalue weighted by molar-refractivity contribution is 6.05. The minimum atomic E-state index is -0.707. The van der Waals surface area contributed by atoms with E-state index in [2.05, 4.69) is 15.3 Å². The molecular formula is C24H18N4O6. The maximum atomic E-state index is 12.9. The van der Waals surface area contributed by atoms with Crippen molar-refractivity contribution in [3.05, 3.63) is 88.6 Å². The molecule has 2 aromatic heterocycles. The smallest absolute Gasteiger partial charge is 0.339 e. The van der Waals surface area contributed by atoms with Crippen molar-refractivity contribution in [3.63, 3.8) is 0 Å². The van der Waals surface area contributed by atoms with Gasteiger partial charge in [-0.25, -0.2) is 9.78 Å². The van der Waals surface area contributed by atoms with E-state index < -0.39 is 23.4 Å². The highest BCUT2D eigenvalue weighted by Gasteiger charge is 2.18. The summed E-state index contributed by atoms with van der Waals surface area (Å²) < 4.78 is 10.3. The standard InChI is InChI=1S/C24H18N4O6/c1-33-22-12-15(28(31)32)9-10-20(22)27-23(29)14-34-24(30)17-13-21(19-8-4-5-11-25-19)26-18-7-3-2-6-16(17)18/h2-13H,14H2,1H3,(H,27,29). The first-order valence-corrected chi connectivity index (χ1v) is 10.1. The Labute approximate surface area is 193 Å². The summed E-state index contributed by atoms with van der Waals surface area (Å²) in [6, 6.07) is 17.8. The summed E-state index contributed by atoms with van der Waals surface area (Å²) >= 11 is 0. The molecule has 0 bridgehead atoms. The topological polar surface area (TPSA) is 134 Å². The van der Waals surface area contributed by atoms with Gasteiger partial charge in [0.2, 0.25) is 0 Å². The van der Waals surface area contributed by atoms with Crippen LogP contribution in [0.25, 0.3) is 22.3 Å². The second-order valence-electron chi connectivity index (χ2n) is 7.05. The maximum Gasteiger partial charge on any atom is 0.339 e. The molecule has 4 rings (SSSR count). The number of rotatable bonds is 7. The summed E-state index contributed by atoms with van der Waals surface area (Å²) in [5.41, 5.74) is 1.93. The lowest BCUT2D eigenvalue weighted by Gasteiger charge is -2.11. The lowest BCUT2D eigenvalue weighted by Crippen LogP contribution is -2.21. The second-order valence-corrected chi connectivity index (χ2v) is 7.05. The first kappa shape index (κ1) is 22.3. The van der Waals surface area contributed by atoms with Crippen LogP contribution in [0.2, 0.25) is 0 Å². The fourth-order valence-electron chi connectivity index (χ4n) is 3.28. The number of esters is 1. The lowest BCUT2D eigenvalue weighted by atomic mass is 10.1. The van der Waals surface area contributed by atoms with Gasteiger partial charge in [0.15, 0.2) is 6.61 Å². The van der Waals surface area contributed by atoms with Gasteiger partial charge in [-0.2, -0.15) is 0 Å². The molecule has 2 aromatic carbocycles. The molecule has 0 saturated carbocycles. The van der Waals surface area contributed by atoms with E-state index in [-0.39, 0.29) is 22.7 Å². The quantitative estimate of drug-likeness (QED) is 0.249. The van der Waals surface area contributed by atoms with Crippen LogP contribution in [-0.4, -0.2) is 40.5 Å². The highest BCUT2D eigenvalue weighted by atomic mass is 16.6. The molecule has 4 aromatic rings. The predicted molar refractivity (Wildman–Crippen MR) is 124 cm³/mol. The molecule has 0 saturated heterocycles. The summed E-state index contributed by atoms with van der Waals surface area (Å²) in [5.74, 6) is -1.24. The van der Waals surface area contributed by atoms with Gasteiger partial charge in [0.1, 0.15) is 5.75 Å². The third-order valence-electron chi connectivity index (χ3n) is 4.87. The Bertz CT molecular complexity index is 1390. The molecule has 34 heavy (non-hydrogen) atoms. The van der Waals surface area contributed by atoms with E-state index in [9.17, 15) is 19.7 Å². The number of benzene rings is 2. The molecule has 10 heteroatoms. The van der Waals surface area contributed by atoms with Crippen molar-refractivity contribution in [2.75, 3.05) is 19.0 Å². The molecular weight excluding hydrogens is 440 g/mol. The zero-order chi connectivity index (χ0) is 24.1. The number of aromatic nitrogens is 2. The Hall–Kier alpha value is -4.86. The number of ether oxygens (including phenoxy) is 2. The van der Waals surface area contributed by atoms with Gasteiger partial charge >= 0.3 is 5.97 Å². The number of hydrogen-bond donors (Lipinski definition) is 1. The third kappa shape index (κ3) is 4.80. The van der Waals surface area contributed by atoms with E-state index in [1.54, 1.807) is 48.7 Å². The zero-order valence-electron chi connectivity index (χ0n) is 17.9. The Morgan fingerprint density at radius 1 is 1.03 bits per heavy atom. The van der Waals surface area contributed by atoms with Crippen molar-refractivity contribution in [3.8, 4) is 17.1 Å². The van der Waals surface area contributed by atoms with Crippen molar-refractivity contribution >= 4 is 34.2 Å². The van der Waals surface area contributed by atoms with Gasteiger partial charge in [-0.1, -0.05) is 24.3 Å². The van der Waals surface area contributed by atoms with Crippen LogP contribution in [-0.2, 0) is 9.53 Å². The minimum Gasteiger partial charge on any atom is -0.494 e. The average molecular weight is 458 g/mol. The number of nitro benzene ring substituents is 1. The number of nitrogens with one attached hydrogen (secondary N) is 1. The maximum absolute atomic E-state index is 12.9. The average Bonchev–Trinajstić information content (AvgIpc) is 2.87. The Kier molecular flexibility index (Phi) is 6.40. The van der Waals surface area contributed by atoms with Gasteiger partial charge in [0.05, 0.1) is 46.3 Å². The monoisotopic (exact) mass is 458 g/mol. The third-order valence-corrected chi connectivity index (χ3v) is 4.87. The van der Waals surface area contributed by atoms with Gasteiger partial charge in [-0.15, -0.1) is 0 Å². The van der Waals surface area contributed by atoms with Gasteiger partial charge in [0, 0.05) is 17.6 Å². The van der Waals surface area contributed by atoms with Crippen molar-refractivity contribution in [2.45, 2.75) is 0 Å². The molecule has 0 fully saturated rings. The fourth-order valence-corrected chi connectivity index (χ4v) is 3.28. The molecule has 1 amide bonds. The Morgan fingerprint density at radius 3 is 2.56 bits per heavy atom. The zero-order valence-corrected chi connectivity index (χ0v) is 17.9. The van der Waals surface area contributed by atoms with Crippen molar-refractivity contribution in [2.24, 2.45) is 0 Å². The number of fused-ring (bicyclic) bond motifs is 1. The van der Waals surface area contributed by atoms with Crippen LogP contribution in [0, 0.1) is 10.1 Å². The number of anilines is 1. The molecule has 0 radical (unpaired) electrons. The van der Waals surface area contributed by atoms with E-state index in [0.717, 1.165) is 0 Å². The molecule has 0 atom stereocenters. The number of non-ortho nitro benzene ring substituents is 1. The Morgan fingerprint density at radius 2 is 1.82 bits per heavy atom. The van der Waals surface area contributed by atoms with Crippen LogP contribution in [0.4, 0.5) is 11.4 Å². The lowest BCUT2D eigenvalue weighted by molar-refractivity contribution is -0.384. The van der Waals surface area contributed by atoms with E-state index in [1.807, 2.05) is 6.07 Å². The van der Waals surface area contributed by atoms with E-state index in [1.165, 1.54) is 25.3 Å². The number of amides is 1. The molecule has 0 unspecified atom stereocenters. The van der Waals surface area contributed by atoms with Crippen LogP contribution in [0.3, 0.4) is 0 Å². The molecule has 1 N–H and O–H groups in total.